The maximum Gasteiger partial charge on any atom is 0.339 e. The lowest BCUT2D eigenvalue weighted by Gasteiger charge is -2.15. The molecule has 0 aromatic carbocycles. The third kappa shape index (κ3) is 2.72. The number of aromatic nitrogens is 1. The number of aryl methyl sites for hydroxylation is 1. The first-order valence-electron chi connectivity index (χ1n) is 5.55. The maximum absolute atomic E-state index is 11.1. The Labute approximate surface area is 105 Å². The highest BCUT2D eigenvalue weighted by atomic mass is 32.2. The van der Waals surface area contributed by atoms with Gasteiger partial charge in [-0.2, -0.15) is 11.8 Å². The average molecular weight is 252 g/mol. The van der Waals surface area contributed by atoms with Gasteiger partial charge in [-0.25, -0.2) is 4.79 Å². The normalized spacial score (nSPS) is 16.6. The van der Waals surface area contributed by atoms with E-state index < -0.39 is 5.97 Å². The lowest BCUT2D eigenvalue weighted by Crippen LogP contribution is -2.19. The smallest absolute Gasteiger partial charge is 0.339 e. The zero-order valence-corrected chi connectivity index (χ0v) is 10.8. The summed E-state index contributed by atoms with van der Waals surface area (Å²) in [6, 6.07) is 1.79. The fourth-order valence-electron chi connectivity index (χ4n) is 1.73. The van der Waals surface area contributed by atoms with Gasteiger partial charge in [0.15, 0.2) is 0 Å². The minimum absolute atomic E-state index is 0.243. The Morgan fingerprint density at radius 3 is 2.88 bits per heavy atom. The Hall–Kier alpha value is -1.23. The largest absolute Gasteiger partial charge is 0.478 e. The molecule has 0 unspecified atom stereocenters. The lowest BCUT2D eigenvalue weighted by molar-refractivity contribution is 0.0697. The number of hydrogen-bond acceptors (Lipinski definition) is 4. The fraction of sp³-hybridized carbons (Fsp3) is 0.500. The van der Waals surface area contributed by atoms with Crippen LogP contribution in [-0.4, -0.2) is 33.6 Å². The number of carboxylic acid groups (broad SMARTS) is 1. The van der Waals surface area contributed by atoms with E-state index in [1.165, 1.54) is 19.0 Å². The third-order valence-electron chi connectivity index (χ3n) is 3.11. The zero-order chi connectivity index (χ0) is 12.5. The maximum atomic E-state index is 11.1. The summed E-state index contributed by atoms with van der Waals surface area (Å²) in [5.74, 6) is -0.936. The first-order chi connectivity index (χ1) is 8.06. The molecule has 0 radical (unpaired) electrons. The van der Waals surface area contributed by atoms with Crippen molar-refractivity contribution in [1.29, 1.82) is 0 Å². The second kappa shape index (κ2) is 4.56. The van der Waals surface area contributed by atoms with E-state index in [0.29, 0.717) is 10.4 Å². The number of rotatable bonds is 5. The highest BCUT2D eigenvalue weighted by molar-refractivity contribution is 8.00. The number of thioether (sulfide) groups is 1. The molecule has 2 N–H and O–H groups in total. The topological polar surface area (TPSA) is 62.2 Å². The van der Waals surface area contributed by atoms with Crippen molar-refractivity contribution in [3.63, 3.8) is 0 Å². The molecule has 0 atom stereocenters. The monoisotopic (exact) mass is 252 g/mol. The Morgan fingerprint density at radius 2 is 2.35 bits per heavy atom. The third-order valence-corrected chi connectivity index (χ3v) is 4.53. The quantitative estimate of drug-likeness (QED) is 0.842. The number of nitrogens with zero attached hydrogens (tertiary/aromatic N) is 1. The van der Waals surface area contributed by atoms with Crippen LogP contribution in [0, 0.1) is 6.92 Å². The van der Waals surface area contributed by atoms with E-state index in [1.807, 2.05) is 18.7 Å². The SMILES string of the molecule is CSC1(CNc2cc(C)ncc2C(=O)O)CC1. The molecule has 1 aromatic heterocycles. The van der Waals surface area contributed by atoms with Crippen molar-refractivity contribution in [2.45, 2.75) is 24.5 Å². The van der Waals surface area contributed by atoms with Gasteiger partial charge in [-0.15, -0.1) is 0 Å². The Kier molecular flexibility index (Phi) is 3.28. The predicted octanol–water partition coefficient (Wildman–Crippen LogP) is 2.40. The molecule has 0 saturated heterocycles. The van der Waals surface area contributed by atoms with Crippen molar-refractivity contribution >= 4 is 23.4 Å². The van der Waals surface area contributed by atoms with Crippen LogP contribution in [0.4, 0.5) is 5.69 Å². The highest BCUT2D eigenvalue weighted by Crippen LogP contribution is 2.47. The fourth-order valence-corrected chi connectivity index (χ4v) is 2.45. The number of anilines is 1. The molecule has 2 rings (SSSR count). The van der Waals surface area contributed by atoms with Gasteiger partial charge < -0.3 is 10.4 Å². The van der Waals surface area contributed by atoms with Crippen molar-refractivity contribution in [1.82, 2.24) is 4.98 Å². The number of pyridine rings is 1. The molecule has 1 aliphatic carbocycles. The van der Waals surface area contributed by atoms with Gasteiger partial charge in [0.1, 0.15) is 5.56 Å². The number of carbonyl (C=O) groups is 1. The molecule has 92 valence electrons. The first-order valence-corrected chi connectivity index (χ1v) is 6.78. The Bertz CT molecular complexity index is 444. The Balaban J connectivity index is 2.13. The van der Waals surface area contributed by atoms with E-state index in [1.54, 1.807) is 6.07 Å². The van der Waals surface area contributed by atoms with E-state index in [4.69, 9.17) is 5.11 Å². The van der Waals surface area contributed by atoms with Crippen LogP contribution in [0.15, 0.2) is 12.3 Å². The molecule has 1 aliphatic rings. The molecule has 1 aromatic rings. The minimum Gasteiger partial charge on any atom is -0.478 e. The summed E-state index contributed by atoms with van der Waals surface area (Å²) in [5, 5.41) is 12.3. The molecule has 1 fully saturated rings. The molecule has 17 heavy (non-hydrogen) atoms. The molecule has 1 saturated carbocycles. The minimum atomic E-state index is -0.936. The van der Waals surface area contributed by atoms with E-state index in [2.05, 4.69) is 16.6 Å². The Morgan fingerprint density at radius 1 is 1.65 bits per heavy atom. The van der Waals surface area contributed by atoms with Crippen LogP contribution in [0.25, 0.3) is 0 Å². The number of carboxylic acids is 1. The van der Waals surface area contributed by atoms with Crippen LogP contribution in [0.3, 0.4) is 0 Å². The summed E-state index contributed by atoms with van der Waals surface area (Å²) in [6.45, 7) is 2.68. The van der Waals surface area contributed by atoms with Crippen molar-refractivity contribution in [3.05, 3.63) is 23.5 Å². The van der Waals surface area contributed by atoms with Gasteiger partial charge in [-0.05, 0) is 32.1 Å². The van der Waals surface area contributed by atoms with Gasteiger partial charge in [0.25, 0.3) is 0 Å². The molecule has 0 bridgehead atoms. The van der Waals surface area contributed by atoms with Gasteiger partial charge in [-0.1, -0.05) is 0 Å². The van der Waals surface area contributed by atoms with E-state index in [-0.39, 0.29) is 5.56 Å². The number of hydrogen-bond donors (Lipinski definition) is 2. The van der Waals surface area contributed by atoms with Gasteiger partial charge in [0.05, 0.1) is 5.69 Å². The van der Waals surface area contributed by atoms with Crippen molar-refractivity contribution < 1.29 is 9.90 Å². The molecule has 4 nitrogen and oxygen atoms in total. The van der Waals surface area contributed by atoms with Gasteiger partial charge >= 0.3 is 5.97 Å². The predicted molar refractivity (Wildman–Crippen MR) is 69.9 cm³/mol. The highest BCUT2D eigenvalue weighted by Gasteiger charge is 2.41. The van der Waals surface area contributed by atoms with Crippen LogP contribution >= 0.6 is 11.8 Å². The standard InChI is InChI=1S/C12H16N2O2S/c1-8-5-10(9(6-13-8)11(15)16)14-7-12(17-2)3-4-12/h5-6H,3-4,7H2,1-2H3,(H,13,14)(H,15,16). The van der Waals surface area contributed by atoms with Crippen LogP contribution in [0.2, 0.25) is 0 Å². The molecular formula is C12H16N2O2S. The van der Waals surface area contributed by atoms with Crippen LogP contribution < -0.4 is 5.32 Å². The van der Waals surface area contributed by atoms with Gasteiger partial charge in [0, 0.05) is 23.2 Å². The number of aromatic carboxylic acids is 1. The summed E-state index contributed by atoms with van der Waals surface area (Å²) in [7, 11) is 0. The van der Waals surface area contributed by atoms with E-state index in [9.17, 15) is 4.79 Å². The molecule has 1 heterocycles. The summed E-state index contributed by atoms with van der Waals surface area (Å²) in [4.78, 5) is 15.1. The van der Waals surface area contributed by atoms with Crippen LogP contribution in [0.5, 0.6) is 0 Å². The lowest BCUT2D eigenvalue weighted by atomic mass is 10.2. The molecular weight excluding hydrogens is 236 g/mol. The number of nitrogens with one attached hydrogen (secondary N) is 1. The molecule has 0 amide bonds. The van der Waals surface area contributed by atoms with Crippen molar-refractivity contribution in [3.8, 4) is 0 Å². The summed E-state index contributed by atoms with van der Waals surface area (Å²) in [6.07, 6.45) is 5.92. The summed E-state index contributed by atoms with van der Waals surface area (Å²) >= 11 is 1.85. The average Bonchev–Trinajstić information content (AvgIpc) is 3.07. The first kappa shape index (κ1) is 12.2. The second-order valence-corrected chi connectivity index (χ2v) is 5.69. The van der Waals surface area contributed by atoms with Gasteiger partial charge in [-0.3, -0.25) is 4.98 Å². The zero-order valence-electron chi connectivity index (χ0n) is 9.99. The summed E-state index contributed by atoms with van der Waals surface area (Å²) < 4.78 is 0.312. The van der Waals surface area contributed by atoms with Gasteiger partial charge in [0.2, 0.25) is 0 Å². The van der Waals surface area contributed by atoms with Crippen molar-refractivity contribution in [2.75, 3.05) is 18.1 Å². The van der Waals surface area contributed by atoms with E-state index in [0.717, 1.165) is 12.2 Å². The van der Waals surface area contributed by atoms with E-state index >= 15 is 0 Å². The molecule has 0 spiro atoms. The summed E-state index contributed by atoms with van der Waals surface area (Å²) in [5.41, 5.74) is 1.74. The van der Waals surface area contributed by atoms with Crippen LogP contribution in [-0.2, 0) is 0 Å². The molecule has 5 heteroatoms. The van der Waals surface area contributed by atoms with Crippen LogP contribution in [0.1, 0.15) is 28.9 Å². The van der Waals surface area contributed by atoms with Crippen molar-refractivity contribution in [2.24, 2.45) is 0 Å². The molecule has 0 aliphatic heterocycles. The second-order valence-electron chi connectivity index (χ2n) is 4.42.